The molecule has 6 nitrogen and oxygen atoms in total. The maximum atomic E-state index is 11.8. The number of hydrogen-bond donors (Lipinski definition) is 2. The van der Waals surface area contributed by atoms with Crippen molar-refractivity contribution in [3.8, 4) is 0 Å². The summed E-state index contributed by atoms with van der Waals surface area (Å²) in [6.07, 6.45) is 3.14. The van der Waals surface area contributed by atoms with Crippen LogP contribution in [0.2, 0.25) is 0 Å². The van der Waals surface area contributed by atoms with Gasteiger partial charge >= 0.3 is 0 Å². The van der Waals surface area contributed by atoms with E-state index in [-0.39, 0.29) is 18.5 Å². The van der Waals surface area contributed by atoms with Crippen LogP contribution >= 0.6 is 0 Å². The molecule has 0 aliphatic heterocycles. The van der Waals surface area contributed by atoms with Crippen molar-refractivity contribution in [1.29, 1.82) is 0 Å². The summed E-state index contributed by atoms with van der Waals surface area (Å²) < 4.78 is 24.1. The lowest BCUT2D eigenvalue weighted by Crippen LogP contribution is -2.39. The summed E-state index contributed by atoms with van der Waals surface area (Å²) in [5.41, 5.74) is 1.73. The fourth-order valence-electron chi connectivity index (χ4n) is 2.02. The van der Waals surface area contributed by atoms with Crippen LogP contribution in [0.1, 0.15) is 30.3 Å². The highest BCUT2D eigenvalue weighted by molar-refractivity contribution is 7.88. The highest BCUT2D eigenvalue weighted by Crippen LogP contribution is 2.40. The average molecular weight is 297 g/mol. The minimum atomic E-state index is -3.36. The standard InChI is InChI=1S/C13H19N3O3S/c1-9-4-3-5-11(15-9)13(10-6-7-10)16-12(17)8-14-20(2,18)19/h3-5,10,13-14H,6-8H2,1-2H3,(H,16,17)/t13-/m0/s1. The zero-order chi connectivity index (χ0) is 14.8. The highest BCUT2D eigenvalue weighted by atomic mass is 32.2. The van der Waals surface area contributed by atoms with Gasteiger partial charge in [0.1, 0.15) is 0 Å². The molecule has 1 amide bonds. The number of aromatic nitrogens is 1. The molecule has 7 heteroatoms. The van der Waals surface area contributed by atoms with E-state index in [1.165, 1.54) is 0 Å². The molecule has 0 spiro atoms. The summed E-state index contributed by atoms with van der Waals surface area (Å²) in [6, 6.07) is 5.57. The largest absolute Gasteiger partial charge is 0.346 e. The van der Waals surface area contributed by atoms with Crippen LogP contribution in [0.5, 0.6) is 0 Å². The highest BCUT2D eigenvalue weighted by Gasteiger charge is 2.34. The number of aryl methyl sites for hydroxylation is 1. The van der Waals surface area contributed by atoms with Crippen molar-refractivity contribution in [2.24, 2.45) is 5.92 Å². The summed E-state index contributed by atoms with van der Waals surface area (Å²) in [5, 5.41) is 2.87. The molecule has 0 radical (unpaired) electrons. The van der Waals surface area contributed by atoms with Gasteiger partial charge in [-0.2, -0.15) is 0 Å². The van der Waals surface area contributed by atoms with Crippen molar-refractivity contribution < 1.29 is 13.2 Å². The van der Waals surface area contributed by atoms with Gasteiger partial charge in [-0.15, -0.1) is 0 Å². The van der Waals surface area contributed by atoms with Gasteiger partial charge in [0, 0.05) is 5.69 Å². The van der Waals surface area contributed by atoms with E-state index in [9.17, 15) is 13.2 Å². The van der Waals surface area contributed by atoms with Crippen molar-refractivity contribution in [2.75, 3.05) is 12.8 Å². The Morgan fingerprint density at radius 3 is 2.70 bits per heavy atom. The zero-order valence-corrected chi connectivity index (χ0v) is 12.4. The molecular weight excluding hydrogens is 278 g/mol. The molecule has 2 rings (SSSR count). The molecule has 110 valence electrons. The molecule has 1 aliphatic carbocycles. The van der Waals surface area contributed by atoms with Gasteiger partial charge in [0.25, 0.3) is 0 Å². The van der Waals surface area contributed by atoms with Crippen molar-refractivity contribution in [2.45, 2.75) is 25.8 Å². The number of sulfonamides is 1. The summed E-state index contributed by atoms with van der Waals surface area (Å²) >= 11 is 0. The smallest absolute Gasteiger partial charge is 0.235 e. The lowest BCUT2D eigenvalue weighted by Gasteiger charge is -2.18. The van der Waals surface area contributed by atoms with Crippen molar-refractivity contribution in [1.82, 2.24) is 15.0 Å². The number of carbonyl (C=O) groups excluding carboxylic acids is 1. The molecule has 1 aromatic heterocycles. The molecule has 0 aromatic carbocycles. The second kappa shape index (κ2) is 5.88. The van der Waals surface area contributed by atoms with Crippen LogP contribution in [0, 0.1) is 12.8 Å². The van der Waals surface area contributed by atoms with E-state index in [2.05, 4.69) is 15.0 Å². The maximum Gasteiger partial charge on any atom is 0.235 e. The first-order valence-corrected chi connectivity index (χ1v) is 8.42. The molecule has 1 atom stereocenters. The lowest BCUT2D eigenvalue weighted by atomic mass is 10.1. The monoisotopic (exact) mass is 297 g/mol. The van der Waals surface area contributed by atoms with E-state index in [0.717, 1.165) is 30.5 Å². The third-order valence-electron chi connectivity index (χ3n) is 3.13. The van der Waals surface area contributed by atoms with Gasteiger partial charge in [0.05, 0.1) is 24.5 Å². The Morgan fingerprint density at radius 2 is 2.15 bits per heavy atom. The Labute approximate surface area is 119 Å². The van der Waals surface area contributed by atoms with Crippen LogP contribution in [0.15, 0.2) is 18.2 Å². The molecule has 1 heterocycles. The Balaban J connectivity index is 2.01. The van der Waals surface area contributed by atoms with Crippen LogP contribution < -0.4 is 10.0 Å². The van der Waals surface area contributed by atoms with E-state index in [4.69, 9.17) is 0 Å². The molecule has 0 unspecified atom stereocenters. The van der Waals surface area contributed by atoms with E-state index in [1.807, 2.05) is 25.1 Å². The fraction of sp³-hybridized carbons (Fsp3) is 0.538. The van der Waals surface area contributed by atoms with Crippen LogP contribution in [0.25, 0.3) is 0 Å². The van der Waals surface area contributed by atoms with Crippen LogP contribution in [0.3, 0.4) is 0 Å². The summed E-state index contributed by atoms with van der Waals surface area (Å²) in [5.74, 6) is 0.0575. The molecule has 0 saturated heterocycles. The number of carbonyl (C=O) groups is 1. The number of rotatable bonds is 6. The lowest BCUT2D eigenvalue weighted by molar-refractivity contribution is -0.120. The predicted octanol–water partition coefficient (Wildman–Crippen LogP) is 0.507. The first-order valence-electron chi connectivity index (χ1n) is 6.53. The Hall–Kier alpha value is -1.47. The SMILES string of the molecule is Cc1cccc([C@@H](NC(=O)CNS(C)(=O)=O)C2CC2)n1. The first kappa shape index (κ1) is 14.9. The summed E-state index contributed by atoms with van der Waals surface area (Å²) in [7, 11) is -3.36. The molecule has 20 heavy (non-hydrogen) atoms. The second-order valence-corrected chi connectivity index (χ2v) is 7.01. The van der Waals surface area contributed by atoms with Gasteiger partial charge in [0.2, 0.25) is 15.9 Å². The molecule has 1 aromatic rings. The summed E-state index contributed by atoms with van der Waals surface area (Å²) in [6.45, 7) is 1.66. The van der Waals surface area contributed by atoms with E-state index in [1.54, 1.807) is 0 Å². The predicted molar refractivity (Wildman–Crippen MR) is 75.4 cm³/mol. The second-order valence-electron chi connectivity index (χ2n) is 5.18. The van der Waals surface area contributed by atoms with Crippen LogP contribution in [0.4, 0.5) is 0 Å². The van der Waals surface area contributed by atoms with Crippen LogP contribution in [-0.4, -0.2) is 32.1 Å². The van der Waals surface area contributed by atoms with Gasteiger partial charge in [-0.05, 0) is 37.8 Å². The molecule has 1 fully saturated rings. The van der Waals surface area contributed by atoms with E-state index in [0.29, 0.717) is 5.92 Å². The van der Waals surface area contributed by atoms with Gasteiger partial charge in [-0.25, -0.2) is 13.1 Å². The van der Waals surface area contributed by atoms with Crippen molar-refractivity contribution in [3.05, 3.63) is 29.6 Å². The van der Waals surface area contributed by atoms with Crippen LogP contribution in [-0.2, 0) is 14.8 Å². The van der Waals surface area contributed by atoms with Gasteiger partial charge in [0.15, 0.2) is 0 Å². The molecule has 1 aliphatic rings. The number of hydrogen-bond acceptors (Lipinski definition) is 4. The number of amides is 1. The van der Waals surface area contributed by atoms with E-state index >= 15 is 0 Å². The Morgan fingerprint density at radius 1 is 1.45 bits per heavy atom. The molecule has 0 bridgehead atoms. The molecule has 1 saturated carbocycles. The Bertz CT molecular complexity index is 597. The minimum Gasteiger partial charge on any atom is -0.346 e. The van der Waals surface area contributed by atoms with Crippen molar-refractivity contribution >= 4 is 15.9 Å². The first-order chi connectivity index (χ1) is 9.35. The minimum absolute atomic E-state index is 0.135. The summed E-state index contributed by atoms with van der Waals surface area (Å²) in [4.78, 5) is 16.3. The topological polar surface area (TPSA) is 88.2 Å². The molecular formula is C13H19N3O3S. The maximum absolute atomic E-state index is 11.8. The number of pyridine rings is 1. The third-order valence-corrected chi connectivity index (χ3v) is 3.80. The average Bonchev–Trinajstić information content (AvgIpc) is 3.17. The number of nitrogens with one attached hydrogen (secondary N) is 2. The number of nitrogens with zero attached hydrogens (tertiary/aromatic N) is 1. The van der Waals surface area contributed by atoms with E-state index < -0.39 is 10.0 Å². The van der Waals surface area contributed by atoms with Gasteiger partial charge < -0.3 is 5.32 Å². The third kappa shape index (κ3) is 4.57. The quantitative estimate of drug-likeness (QED) is 0.800. The van der Waals surface area contributed by atoms with Gasteiger partial charge in [-0.1, -0.05) is 6.07 Å². The normalized spacial score (nSPS) is 16.7. The zero-order valence-electron chi connectivity index (χ0n) is 11.6. The molecule has 2 N–H and O–H groups in total. The Kier molecular flexibility index (Phi) is 4.39. The van der Waals surface area contributed by atoms with Crippen molar-refractivity contribution in [3.63, 3.8) is 0 Å². The fourth-order valence-corrected chi connectivity index (χ4v) is 2.41. The van der Waals surface area contributed by atoms with Gasteiger partial charge in [-0.3, -0.25) is 9.78 Å².